The average Bonchev–Trinajstić information content (AvgIpc) is 2.95. The van der Waals surface area contributed by atoms with Gasteiger partial charge in [0.25, 0.3) is 0 Å². The Kier molecular flexibility index (Phi) is 4.67. The molecule has 6 nitrogen and oxygen atoms in total. The molecule has 0 bridgehead atoms. The third kappa shape index (κ3) is 3.49. The van der Waals surface area contributed by atoms with Crippen molar-refractivity contribution in [3.63, 3.8) is 0 Å². The van der Waals surface area contributed by atoms with Crippen LogP contribution in [0.4, 0.5) is 13.2 Å². The summed E-state index contributed by atoms with van der Waals surface area (Å²) in [6.07, 6.45) is -3.85. The summed E-state index contributed by atoms with van der Waals surface area (Å²) in [5, 5.41) is 20.3. The van der Waals surface area contributed by atoms with Gasteiger partial charge in [0.1, 0.15) is 0 Å². The molecule has 9 heteroatoms. The molecule has 2 aromatic rings. The van der Waals surface area contributed by atoms with Crippen molar-refractivity contribution >= 4 is 5.97 Å². The highest BCUT2D eigenvalue weighted by Crippen LogP contribution is 2.31. The fourth-order valence-electron chi connectivity index (χ4n) is 2.19. The van der Waals surface area contributed by atoms with Crippen LogP contribution in [-0.4, -0.2) is 31.3 Å². The lowest BCUT2D eigenvalue weighted by Crippen LogP contribution is -2.27. The van der Waals surface area contributed by atoms with Crippen molar-refractivity contribution in [1.29, 1.82) is 0 Å². The maximum absolute atomic E-state index is 12.6. The van der Waals surface area contributed by atoms with E-state index in [1.807, 2.05) is 6.92 Å². The number of carbonyl (C=O) groups is 1. The van der Waals surface area contributed by atoms with Gasteiger partial charge in [-0.2, -0.15) is 13.2 Å². The number of alkyl halides is 3. The smallest absolute Gasteiger partial charge is 0.416 e. The third-order valence-electron chi connectivity index (χ3n) is 3.66. The normalized spacial score (nSPS) is 14.5. The maximum atomic E-state index is 12.6. The summed E-state index contributed by atoms with van der Waals surface area (Å²) in [5.41, 5.74) is -0.477. The van der Waals surface area contributed by atoms with Crippen LogP contribution in [0.15, 0.2) is 24.3 Å². The summed E-state index contributed by atoms with van der Waals surface area (Å²) in [6.45, 7) is 3.58. The number of halogens is 3. The lowest BCUT2D eigenvalue weighted by molar-refractivity contribution is -0.143. The van der Waals surface area contributed by atoms with Gasteiger partial charge < -0.3 is 5.11 Å². The van der Waals surface area contributed by atoms with Crippen LogP contribution in [0.2, 0.25) is 0 Å². The van der Waals surface area contributed by atoms with Crippen molar-refractivity contribution in [2.24, 2.45) is 5.92 Å². The first-order valence-electron chi connectivity index (χ1n) is 6.94. The largest absolute Gasteiger partial charge is 0.480 e. The van der Waals surface area contributed by atoms with Gasteiger partial charge in [-0.05, 0) is 28.5 Å². The van der Waals surface area contributed by atoms with Crippen LogP contribution in [0.1, 0.15) is 31.9 Å². The van der Waals surface area contributed by atoms with Crippen LogP contribution in [0.5, 0.6) is 0 Å². The van der Waals surface area contributed by atoms with Crippen molar-refractivity contribution in [2.75, 3.05) is 0 Å². The molecule has 0 radical (unpaired) electrons. The van der Waals surface area contributed by atoms with Crippen LogP contribution in [0, 0.1) is 5.92 Å². The molecule has 0 amide bonds. The van der Waals surface area contributed by atoms with E-state index >= 15 is 0 Å². The molecule has 0 aliphatic heterocycles. The zero-order valence-electron chi connectivity index (χ0n) is 12.4. The maximum Gasteiger partial charge on any atom is 0.416 e. The minimum Gasteiger partial charge on any atom is -0.480 e. The van der Waals surface area contributed by atoms with Crippen molar-refractivity contribution in [3.05, 3.63) is 29.8 Å². The first-order chi connectivity index (χ1) is 10.8. The number of rotatable bonds is 5. The zero-order chi connectivity index (χ0) is 17.2. The van der Waals surface area contributed by atoms with E-state index in [0.29, 0.717) is 12.0 Å². The van der Waals surface area contributed by atoms with Gasteiger partial charge in [-0.3, -0.25) is 0 Å². The summed E-state index contributed by atoms with van der Waals surface area (Å²) in [5.74, 6) is -1.23. The Labute approximate surface area is 129 Å². The number of nitrogens with zero attached hydrogens (tertiary/aromatic N) is 4. The second-order valence-corrected chi connectivity index (χ2v) is 5.19. The molecule has 0 fully saturated rings. The molecule has 0 saturated carbocycles. The molecule has 124 valence electrons. The summed E-state index contributed by atoms with van der Waals surface area (Å²) in [7, 11) is 0. The Morgan fingerprint density at radius 3 is 2.39 bits per heavy atom. The third-order valence-corrected chi connectivity index (χ3v) is 3.66. The van der Waals surface area contributed by atoms with E-state index in [2.05, 4.69) is 15.5 Å². The first kappa shape index (κ1) is 16.9. The second kappa shape index (κ2) is 6.35. The lowest BCUT2D eigenvalue weighted by Gasteiger charge is -2.19. The fourth-order valence-corrected chi connectivity index (χ4v) is 2.19. The molecule has 23 heavy (non-hydrogen) atoms. The molecule has 0 aliphatic rings. The van der Waals surface area contributed by atoms with Crippen LogP contribution in [-0.2, 0) is 11.0 Å². The molecule has 1 heterocycles. The topological polar surface area (TPSA) is 80.9 Å². The summed E-state index contributed by atoms with van der Waals surface area (Å²) >= 11 is 0. The molecule has 1 N–H and O–H groups in total. The highest BCUT2D eigenvalue weighted by atomic mass is 19.4. The van der Waals surface area contributed by atoms with Crippen molar-refractivity contribution in [2.45, 2.75) is 32.5 Å². The highest BCUT2D eigenvalue weighted by Gasteiger charge is 2.32. The lowest BCUT2D eigenvalue weighted by atomic mass is 9.99. The average molecular weight is 328 g/mol. The monoisotopic (exact) mass is 328 g/mol. The van der Waals surface area contributed by atoms with E-state index in [-0.39, 0.29) is 11.7 Å². The number of carboxylic acids is 1. The van der Waals surface area contributed by atoms with Gasteiger partial charge in [-0.25, -0.2) is 9.48 Å². The Balaban J connectivity index is 2.43. The van der Waals surface area contributed by atoms with Crippen LogP contribution < -0.4 is 0 Å². The Hall–Kier alpha value is -2.45. The summed E-state index contributed by atoms with van der Waals surface area (Å²) < 4.78 is 38.9. The van der Waals surface area contributed by atoms with E-state index in [9.17, 15) is 23.1 Å². The summed E-state index contributed by atoms with van der Waals surface area (Å²) in [4.78, 5) is 11.5. The van der Waals surface area contributed by atoms with Crippen molar-refractivity contribution in [1.82, 2.24) is 20.2 Å². The number of benzene rings is 1. The van der Waals surface area contributed by atoms with Gasteiger partial charge in [0, 0.05) is 5.56 Å². The first-order valence-corrected chi connectivity index (χ1v) is 6.94. The van der Waals surface area contributed by atoms with E-state index in [1.165, 1.54) is 12.1 Å². The highest BCUT2D eigenvalue weighted by molar-refractivity contribution is 5.73. The van der Waals surface area contributed by atoms with Crippen molar-refractivity contribution in [3.8, 4) is 11.4 Å². The minimum atomic E-state index is -4.44. The molecule has 0 aliphatic carbocycles. The van der Waals surface area contributed by atoms with Gasteiger partial charge in [-0.1, -0.05) is 32.4 Å². The number of hydrogen-bond donors (Lipinski definition) is 1. The van der Waals surface area contributed by atoms with Gasteiger partial charge in [-0.15, -0.1) is 5.10 Å². The van der Waals surface area contributed by atoms with Crippen LogP contribution in [0.25, 0.3) is 11.4 Å². The van der Waals surface area contributed by atoms with Gasteiger partial charge in [0.15, 0.2) is 11.9 Å². The number of carboxylic acid groups (broad SMARTS) is 1. The Bertz CT molecular complexity index is 682. The molecule has 2 rings (SSSR count). The quantitative estimate of drug-likeness (QED) is 0.912. The van der Waals surface area contributed by atoms with Gasteiger partial charge in [0.05, 0.1) is 5.56 Å². The van der Waals surface area contributed by atoms with Crippen molar-refractivity contribution < 1.29 is 23.1 Å². The predicted octanol–water partition coefficient (Wildman–Crippen LogP) is 3.03. The van der Waals surface area contributed by atoms with E-state index in [4.69, 9.17) is 0 Å². The van der Waals surface area contributed by atoms with Gasteiger partial charge in [0.2, 0.25) is 0 Å². The number of hydrogen-bond acceptors (Lipinski definition) is 4. The molecule has 0 saturated heterocycles. The fraction of sp³-hybridized carbons (Fsp3) is 0.429. The zero-order valence-corrected chi connectivity index (χ0v) is 12.4. The molecule has 1 aromatic carbocycles. The SMILES string of the molecule is CCC(C)C(C(=O)O)n1nnnc1-c1ccc(C(F)(F)F)cc1. The molecule has 2 unspecified atom stereocenters. The van der Waals surface area contributed by atoms with E-state index in [1.54, 1.807) is 6.92 Å². The number of tetrazole rings is 1. The Morgan fingerprint density at radius 1 is 1.30 bits per heavy atom. The minimum absolute atomic E-state index is 0.117. The standard InChI is InChI=1S/C14H15F3N4O2/c1-3-8(2)11(13(22)23)21-12(18-19-20-21)9-4-6-10(7-5-9)14(15,16)17/h4-8,11H,3H2,1-2H3,(H,22,23). The van der Waals surface area contributed by atoms with E-state index < -0.39 is 23.8 Å². The number of aromatic nitrogens is 4. The van der Waals surface area contributed by atoms with Crippen LogP contribution in [0.3, 0.4) is 0 Å². The Morgan fingerprint density at radius 2 is 1.91 bits per heavy atom. The molecule has 2 atom stereocenters. The van der Waals surface area contributed by atoms with Gasteiger partial charge >= 0.3 is 12.1 Å². The molecular weight excluding hydrogens is 313 g/mol. The van der Waals surface area contributed by atoms with E-state index in [0.717, 1.165) is 16.8 Å². The molecule has 1 aromatic heterocycles. The summed E-state index contributed by atoms with van der Waals surface area (Å²) in [6, 6.07) is 3.27. The number of aliphatic carboxylic acids is 1. The van der Waals surface area contributed by atoms with Crippen LogP contribution >= 0.6 is 0 Å². The second-order valence-electron chi connectivity index (χ2n) is 5.19. The molecular formula is C14H15F3N4O2. The predicted molar refractivity (Wildman–Crippen MR) is 74.4 cm³/mol. The molecule has 0 spiro atoms.